The molecule has 2 aromatic carbocycles. The third-order valence-electron chi connectivity index (χ3n) is 4.63. The molecular weight excluding hydrogens is 310 g/mol. The third-order valence-corrected chi connectivity index (χ3v) is 4.63. The van der Waals surface area contributed by atoms with Gasteiger partial charge in [-0.15, -0.1) is 0 Å². The number of aryl methyl sites for hydroxylation is 1. The number of hydrogen-bond acceptors (Lipinski definition) is 2. The number of carbonyl (C=O) groups excluding carboxylic acids is 1. The van der Waals surface area contributed by atoms with Gasteiger partial charge in [0.1, 0.15) is 5.69 Å². The van der Waals surface area contributed by atoms with Crippen molar-refractivity contribution in [3.8, 4) is 0 Å². The minimum absolute atomic E-state index is 0.0757. The van der Waals surface area contributed by atoms with Gasteiger partial charge < -0.3 is 15.2 Å². The lowest BCUT2D eigenvalue weighted by Gasteiger charge is -2.25. The van der Waals surface area contributed by atoms with Crippen LogP contribution in [0.15, 0.2) is 54.6 Å². The van der Waals surface area contributed by atoms with E-state index >= 15 is 0 Å². The molecule has 0 aliphatic heterocycles. The van der Waals surface area contributed by atoms with Crippen molar-refractivity contribution in [3.05, 3.63) is 71.4 Å². The SMILES string of the molecule is CCc1ccc(C(CNC(=O)c2cc3ccccc3[nH]2)N(C)C)cc1. The number of likely N-dealkylation sites (N-methyl/N-ethyl adjacent to an activating group) is 1. The van der Waals surface area contributed by atoms with Crippen molar-refractivity contribution < 1.29 is 4.79 Å². The number of rotatable bonds is 6. The number of aromatic nitrogens is 1. The average molecular weight is 335 g/mol. The monoisotopic (exact) mass is 335 g/mol. The van der Waals surface area contributed by atoms with E-state index in [4.69, 9.17) is 0 Å². The normalized spacial score (nSPS) is 12.5. The summed E-state index contributed by atoms with van der Waals surface area (Å²) in [5.41, 5.74) is 4.11. The predicted octanol–water partition coefficient (Wildman–Crippen LogP) is 3.76. The van der Waals surface area contributed by atoms with Crippen molar-refractivity contribution in [1.82, 2.24) is 15.2 Å². The average Bonchev–Trinajstić information content (AvgIpc) is 3.06. The van der Waals surface area contributed by atoms with Crippen LogP contribution in [0.3, 0.4) is 0 Å². The number of nitrogens with one attached hydrogen (secondary N) is 2. The van der Waals surface area contributed by atoms with Gasteiger partial charge in [-0.1, -0.05) is 49.4 Å². The van der Waals surface area contributed by atoms with Gasteiger partial charge in [0.05, 0.1) is 6.04 Å². The van der Waals surface area contributed by atoms with Crippen molar-refractivity contribution in [2.45, 2.75) is 19.4 Å². The van der Waals surface area contributed by atoms with Crippen molar-refractivity contribution in [2.75, 3.05) is 20.6 Å². The number of fused-ring (bicyclic) bond motifs is 1. The Morgan fingerprint density at radius 2 is 1.84 bits per heavy atom. The van der Waals surface area contributed by atoms with Gasteiger partial charge in [0.2, 0.25) is 0 Å². The van der Waals surface area contributed by atoms with Crippen LogP contribution in [0, 0.1) is 0 Å². The molecular formula is C21H25N3O. The maximum atomic E-state index is 12.5. The Morgan fingerprint density at radius 3 is 2.48 bits per heavy atom. The van der Waals surface area contributed by atoms with E-state index in [2.05, 4.69) is 46.4 Å². The zero-order valence-corrected chi connectivity index (χ0v) is 15.0. The lowest BCUT2D eigenvalue weighted by Crippen LogP contribution is -2.34. The van der Waals surface area contributed by atoms with E-state index in [0.29, 0.717) is 12.2 Å². The summed E-state index contributed by atoms with van der Waals surface area (Å²) in [6, 6.07) is 18.6. The van der Waals surface area contributed by atoms with Crippen LogP contribution in [0.4, 0.5) is 0 Å². The Hall–Kier alpha value is -2.59. The molecule has 25 heavy (non-hydrogen) atoms. The first-order valence-corrected chi connectivity index (χ1v) is 8.69. The lowest BCUT2D eigenvalue weighted by atomic mass is 10.0. The molecule has 4 heteroatoms. The van der Waals surface area contributed by atoms with Crippen LogP contribution in [0.25, 0.3) is 10.9 Å². The molecule has 0 aliphatic carbocycles. The molecule has 1 amide bonds. The summed E-state index contributed by atoms with van der Waals surface area (Å²) in [5.74, 6) is -0.0757. The number of carbonyl (C=O) groups is 1. The Labute approximate surface area is 148 Å². The molecule has 0 saturated carbocycles. The first-order valence-electron chi connectivity index (χ1n) is 8.69. The summed E-state index contributed by atoms with van der Waals surface area (Å²) in [7, 11) is 4.07. The fourth-order valence-corrected chi connectivity index (χ4v) is 3.05. The van der Waals surface area contributed by atoms with Crippen molar-refractivity contribution in [3.63, 3.8) is 0 Å². The topological polar surface area (TPSA) is 48.1 Å². The third kappa shape index (κ3) is 3.91. The molecule has 130 valence electrons. The van der Waals surface area contributed by atoms with Crippen LogP contribution in [0.1, 0.15) is 34.6 Å². The van der Waals surface area contributed by atoms with E-state index < -0.39 is 0 Å². The number of aromatic amines is 1. The van der Waals surface area contributed by atoms with Gasteiger partial charge in [0.15, 0.2) is 0 Å². The van der Waals surface area contributed by atoms with Gasteiger partial charge >= 0.3 is 0 Å². The molecule has 1 aromatic heterocycles. The number of hydrogen-bond donors (Lipinski definition) is 2. The van der Waals surface area contributed by atoms with E-state index in [1.807, 2.05) is 44.4 Å². The first kappa shape index (κ1) is 17.2. The Balaban J connectivity index is 1.71. The number of H-pyrrole nitrogens is 1. The quantitative estimate of drug-likeness (QED) is 0.720. The van der Waals surface area contributed by atoms with Crippen LogP contribution >= 0.6 is 0 Å². The van der Waals surface area contributed by atoms with Crippen molar-refractivity contribution in [1.29, 1.82) is 0 Å². The molecule has 2 N–H and O–H groups in total. The number of nitrogens with zero attached hydrogens (tertiary/aromatic N) is 1. The fraction of sp³-hybridized carbons (Fsp3) is 0.286. The standard InChI is InChI=1S/C21H25N3O/c1-4-15-9-11-16(12-10-15)20(24(2)3)14-22-21(25)19-13-17-7-5-6-8-18(17)23-19/h5-13,20,23H,4,14H2,1-3H3,(H,22,25). The molecule has 0 aliphatic rings. The highest BCUT2D eigenvalue weighted by atomic mass is 16.1. The highest BCUT2D eigenvalue weighted by Gasteiger charge is 2.16. The van der Waals surface area contributed by atoms with E-state index in [1.54, 1.807) is 0 Å². The highest BCUT2D eigenvalue weighted by Crippen LogP contribution is 2.19. The Kier molecular flexibility index (Phi) is 5.19. The van der Waals surface area contributed by atoms with Crippen LogP contribution in [0.5, 0.6) is 0 Å². The molecule has 0 fully saturated rings. The summed E-state index contributed by atoms with van der Waals surface area (Å²) in [6.07, 6.45) is 1.03. The zero-order valence-electron chi connectivity index (χ0n) is 15.0. The van der Waals surface area contributed by atoms with Crippen LogP contribution in [-0.4, -0.2) is 36.4 Å². The van der Waals surface area contributed by atoms with Gasteiger partial charge in [-0.3, -0.25) is 4.79 Å². The minimum Gasteiger partial charge on any atom is -0.351 e. The summed E-state index contributed by atoms with van der Waals surface area (Å²) in [4.78, 5) is 17.8. The second-order valence-corrected chi connectivity index (χ2v) is 6.55. The molecule has 1 unspecified atom stereocenters. The van der Waals surface area contributed by atoms with Gasteiger partial charge in [-0.25, -0.2) is 0 Å². The van der Waals surface area contributed by atoms with Crippen LogP contribution < -0.4 is 5.32 Å². The molecule has 1 heterocycles. The van der Waals surface area contributed by atoms with E-state index in [-0.39, 0.29) is 11.9 Å². The second-order valence-electron chi connectivity index (χ2n) is 6.55. The molecule has 3 aromatic rings. The van der Waals surface area contributed by atoms with Crippen LogP contribution in [-0.2, 0) is 6.42 Å². The second kappa shape index (κ2) is 7.53. The number of para-hydroxylation sites is 1. The zero-order chi connectivity index (χ0) is 17.8. The smallest absolute Gasteiger partial charge is 0.267 e. The molecule has 0 bridgehead atoms. The Morgan fingerprint density at radius 1 is 1.12 bits per heavy atom. The summed E-state index contributed by atoms with van der Waals surface area (Å²) in [5, 5.41) is 4.10. The van der Waals surface area contributed by atoms with Gasteiger partial charge in [-0.05, 0) is 43.8 Å². The maximum Gasteiger partial charge on any atom is 0.267 e. The fourth-order valence-electron chi connectivity index (χ4n) is 3.05. The number of benzene rings is 2. The largest absolute Gasteiger partial charge is 0.351 e. The number of amides is 1. The van der Waals surface area contributed by atoms with Crippen molar-refractivity contribution >= 4 is 16.8 Å². The molecule has 0 radical (unpaired) electrons. The summed E-state index contributed by atoms with van der Waals surface area (Å²) in [6.45, 7) is 2.71. The summed E-state index contributed by atoms with van der Waals surface area (Å²) < 4.78 is 0. The molecule has 3 rings (SSSR count). The minimum atomic E-state index is -0.0757. The molecule has 4 nitrogen and oxygen atoms in total. The van der Waals surface area contributed by atoms with E-state index in [0.717, 1.165) is 17.3 Å². The molecule has 0 spiro atoms. The maximum absolute atomic E-state index is 12.5. The highest BCUT2D eigenvalue weighted by molar-refractivity contribution is 5.97. The van der Waals surface area contributed by atoms with E-state index in [1.165, 1.54) is 11.1 Å². The van der Waals surface area contributed by atoms with Gasteiger partial charge in [0, 0.05) is 17.4 Å². The lowest BCUT2D eigenvalue weighted by molar-refractivity contribution is 0.0937. The van der Waals surface area contributed by atoms with Gasteiger partial charge in [-0.2, -0.15) is 0 Å². The molecule has 0 saturated heterocycles. The first-order chi connectivity index (χ1) is 12.1. The van der Waals surface area contributed by atoms with Crippen LogP contribution in [0.2, 0.25) is 0 Å². The van der Waals surface area contributed by atoms with Gasteiger partial charge in [0.25, 0.3) is 5.91 Å². The molecule has 1 atom stereocenters. The van der Waals surface area contributed by atoms with Crippen molar-refractivity contribution in [2.24, 2.45) is 0 Å². The predicted molar refractivity (Wildman–Crippen MR) is 103 cm³/mol. The Bertz CT molecular complexity index is 816. The van der Waals surface area contributed by atoms with E-state index in [9.17, 15) is 4.79 Å². The summed E-state index contributed by atoms with van der Waals surface area (Å²) >= 11 is 0.